The van der Waals surface area contributed by atoms with E-state index < -0.39 is 5.97 Å². The number of hydrogen-bond acceptors (Lipinski definition) is 3. The van der Waals surface area contributed by atoms with Crippen molar-refractivity contribution >= 4 is 16.9 Å². The first kappa shape index (κ1) is 7.72. The van der Waals surface area contributed by atoms with Crippen molar-refractivity contribution in [3.8, 4) is 0 Å². The summed E-state index contributed by atoms with van der Waals surface area (Å²) in [5.74, 6) is -0.900. The van der Waals surface area contributed by atoms with Crippen molar-refractivity contribution in [2.75, 3.05) is 0 Å². The van der Waals surface area contributed by atoms with Crippen molar-refractivity contribution in [2.45, 2.75) is 6.42 Å². The highest BCUT2D eigenvalue weighted by atomic mass is 16.4. The van der Waals surface area contributed by atoms with Crippen molar-refractivity contribution in [1.82, 2.24) is 15.2 Å². The van der Waals surface area contributed by atoms with E-state index in [0.717, 1.165) is 10.9 Å². The van der Waals surface area contributed by atoms with Crippen molar-refractivity contribution in [1.29, 1.82) is 0 Å². The summed E-state index contributed by atoms with van der Waals surface area (Å²) in [5.41, 5.74) is 1.30. The van der Waals surface area contributed by atoms with E-state index in [-0.39, 0.29) is 6.42 Å². The smallest absolute Gasteiger partial charge is 0.309 e. The summed E-state index contributed by atoms with van der Waals surface area (Å²) in [7, 11) is 0. The molecule has 0 radical (unpaired) electrons. The molecule has 2 aromatic rings. The van der Waals surface area contributed by atoms with Crippen LogP contribution < -0.4 is 0 Å². The molecule has 2 aromatic heterocycles. The number of hydrogen-bond donors (Lipinski definition) is 2. The SMILES string of the molecule is O=C(O)Cc1nncc2[nH]ccc12. The Morgan fingerprint density at radius 2 is 2.46 bits per heavy atom. The molecular weight excluding hydrogens is 170 g/mol. The van der Waals surface area contributed by atoms with Gasteiger partial charge in [0.1, 0.15) is 0 Å². The molecule has 0 aliphatic heterocycles. The lowest BCUT2D eigenvalue weighted by Gasteiger charge is -1.95. The number of H-pyrrole nitrogens is 1. The molecule has 2 heterocycles. The summed E-state index contributed by atoms with van der Waals surface area (Å²) in [4.78, 5) is 13.4. The van der Waals surface area contributed by atoms with Crippen LogP contribution in [0.5, 0.6) is 0 Å². The fourth-order valence-corrected chi connectivity index (χ4v) is 1.22. The van der Waals surface area contributed by atoms with Crippen LogP contribution >= 0.6 is 0 Å². The molecule has 0 atom stereocenters. The zero-order valence-corrected chi connectivity index (χ0v) is 6.69. The summed E-state index contributed by atoms with van der Waals surface area (Å²) in [6, 6.07) is 1.79. The molecular formula is C8H7N3O2. The van der Waals surface area contributed by atoms with Gasteiger partial charge < -0.3 is 10.1 Å². The van der Waals surface area contributed by atoms with Gasteiger partial charge in [-0.1, -0.05) is 0 Å². The number of carbonyl (C=O) groups is 1. The van der Waals surface area contributed by atoms with Gasteiger partial charge >= 0.3 is 5.97 Å². The minimum atomic E-state index is -0.900. The van der Waals surface area contributed by atoms with Gasteiger partial charge in [-0.15, -0.1) is 0 Å². The van der Waals surface area contributed by atoms with Crippen molar-refractivity contribution in [2.24, 2.45) is 0 Å². The number of aliphatic carboxylic acids is 1. The van der Waals surface area contributed by atoms with Crippen LogP contribution in [-0.4, -0.2) is 26.3 Å². The summed E-state index contributed by atoms with van der Waals surface area (Å²) in [6.07, 6.45) is 3.21. The van der Waals surface area contributed by atoms with Crippen LogP contribution in [0.25, 0.3) is 10.9 Å². The maximum atomic E-state index is 10.5. The van der Waals surface area contributed by atoms with Gasteiger partial charge in [0.25, 0.3) is 0 Å². The summed E-state index contributed by atoms with van der Waals surface area (Å²) >= 11 is 0. The highest BCUT2D eigenvalue weighted by Crippen LogP contribution is 2.13. The quantitative estimate of drug-likeness (QED) is 0.703. The number of aromatic nitrogens is 3. The zero-order chi connectivity index (χ0) is 9.26. The van der Waals surface area contributed by atoms with Crippen molar-refractivity contribution in [3.05, 3.63) is 24.2 Å². The monoisotopic (exact) mass is 177 g/mol. The zero-order valence-electron chi connectivity index (χ0n) is 6.69. The molecule has 5 nitrogen and oxygen atoms in total. The average Bonchev–Trinajstić information content (AvgIpc) is 2.51. The fourth-order valence-electron chi connectivity index (χ4n) is 1.22. The molecule has 0 saturated carbocycles. The van der Waals surface area contributed by atoms with E-state index >= 15 is 0 Å². The Labute approximate surface area is 73.4 Å². The Morgan fingerprint density at radius 1 is 1.62 bits per heavy atom. The molecule has 0 bridgehead atoms. The second-order valence-corrected chi connectivity index (χ2v) is 2.67. The van der Waals surface area contributed by atoms with E-state index in [1.165, 1.54) is 0 Å². The molecule has 0 aliphatic carbocycles. The molecule has 0 spiro atoms. The minimum Gasteiger partial charge on any atom is -0.481 e. The first-order valence-corrected chi connectivity index (χ1v) is 3.77. The lowest BCUT2D eigenvalue weighted by Crippen LogP contribution is -2.03. The third kappa shape index (κ3) is 1.35. The summed E-state index contributed by atoms with van der Waals surface area (Å²) in [5, 5.41) is 16.9. The number of aromatic amines is 1. The topological polar surface area (TPSA) is 78.9 Å². The van der Waals surface area contributed by atoms with E-state index in [2.05, 4.69) is 15.2 Å². The number of nitrogens with one attached hydrogen (secondary N) is 1. The molecule has 13 heavy (non-hydrogen) atoms. The largest absolute Gasteiger partial charge is 0.481 e. The van der Waals surface area contributed by atoms with Gasteiger partial charge in [0.2, 0.25) is 0 Å². The number of rotatable bonds is 2. The van der Waals surface area contributed by atoms with Gasteiger partial charge in [0.05, 0.1) is 23.8 Å². The number of carboxylic acids is 1. The molecule has 0 amide bonds. The van der Waals surface area contributed by atoms with Crippen LogP contribution in [0.15, 0.2) is 18.5 Å². The second kappa shape index (κ2) is 2.85. The van der Waals surface area contributed by atoms with E-state index in [1.54, 1.807) is 18.5 Å². The lowest BCUT2D eigenvalue weighted by atomic mass is 10.2. The lowest BCUT2D eigenvalue weighted by molar-refractivity contribution is -0.136. The Hall–Kier alpha value is -1.91. The van der Waals surface area contributed by atoms with E-state index in [4.69, 9.17) is 5.11 Å². The standard InChI is InChI=1S/C8H7N3O2/c12-8(13)3-6-5-1-2-9-7(5)4-10-11-6/h1-2,4,9H,3H2,(H,12,13). The van der Waals surface area contributed by atoms with Crippen molar-refractivity contribution < 1.29 is 9.90 Å². The highest BCUT2D eigenvalue weighted by Gasteiger charge is 2.07. The maximum Gasteiger partial charge on any atom is 0.309 e. The predicted octanol–water partition coefficient (Wildman–Crippen LogP) is 0.585. The fraction of sp³-hybridized carbons (Fsp3) is 0.125. The van der Waals surface area contributed by atoms with Crippen LogP contribution in [0.4, 0.5) is 0 Å². The van der Waals surface area contributed by atoms with Crippen LogP contribution in [0, 0.1) is 0 Å². The molecule has 5 heteroatoms. The maximum absolute atomic E-state index is 10.5. The third-order valence-electron chi connectivity index (χ3n) is 1.77. The van der Waals surface area contributed by atoms with Crippen LogP contribution in [0.2, 0.25) is 0 Å². The summed E-state index contributed by atoms with van der Waals surface area (Å²) in [6.45, 7) is 0. The van der Waals surface area contributed by atoms with Crippen LogP contribution in [0.3, 0.4) is 0 Å². The Bertz CT molecular complexity index is 449. The first-order valence-electron chi connectivity index (χ1n) is 3.77. The third-order valence-corrected chi connectivity index (χ3v) is 1.77. The molecule has 2 rings (SSSR count). The number of carboxylic acid groups (broad SMARTS) is 1. The van der Waals surface area contributed by atoms with Crippen LogP contribution in [-0.2, 0) is 11.2 Å². The highest BCUT2D eigenvalue weighted by molar-refractivity contribution is 5.84. The van der Waals surface area contributed by atoms with Crippen LogP contribution in [0.1, 0.15) is 5.69 Å². The molecule has 0 fully saturated rings. The van der Waals surface area contributed by atoms with E-state index in [0.29, 0.717) is 5.69 Å². The molecule has 0 aromatic carbocycles. The Morgan fingerprint density at radius 3 is 3.23 bits per heavy atom. The van der Waals surface area contributed by atoms with Gasteiger partial charge in [0, 0.05) is 11.6 Å². The van der Waals surface area contributed by atoms with Gasteiger partial charge in [-0.05, 0) is 6.07 Å². The number of fused-ring (bicyclic) bond motifs is 1. The van der Waals surface area contributed by atoms with E-state index in [1.807, 2.05) is 0 Å². The van der Waals surface area contributed by atoms with Gasteiger partial charge in [0.15, 0.2) is 0 Å². The molecule has 2 N–H and O–H groups in total. The minimum absolute atomic E-state index is 0.0950. The number of nitrogens with zero attached hydrogens (tertiary/aromatic N) is 2. The average molecular weight is 177 g/mol. The molecule has 0 saturated heterocycles. The molecule has 0 aliphatic rings. The Balaban J connectivity index is 2.54. The summed E-state index contributed by atoms with van der Waals surface area (Å²) < 4.78 is 0. The first-order chi connectivity index (χ1) is 6.27. The van der Waals surface area contributed by atoms with E-state index in [9.17, 15) is 4.79 Å². The molecule has 66 valence electrons. The van der Waals surface area contributed by atoms with Gasteiger partial charge in [-0.3, -0.25) is 4.79 Å². The second-order valence-electron chi connectivity index (χ2n) is 2.67. The van der Waals surface area contributed by atoms with Gasteiger partial charge in [-0.2, -0.15) is 10.2 Å². The molecule has 0 unspecified atom stereocenters. The normalized spacial score (nSPS) is 10.5. The Kier molecular flexibility index (Phi) is 1.70. The predicted molar refractivity (Wildman–Crippen MR) is 45.2 cm³/mol. The van der Waals surface area contributed by atoms with Crippen molar-refractivity contribution in [3.63, 3.8) is 0 Å². The van der Waals surface area contributed by atoms with Gasteiger partial charge in [-0.25, -0.2) is 0 Å².